The summed E-state index contributed by atoms with van der Waals surface area (Å²) in [6.45, 7) is 1.02. The third-order valence-corrected chi connectivity index (χ3v) is 4.92. The van der Waals surface area contributed by atoms with E-state index in [1.165, 1.54) is 43.2 Å². The van der Waals surface area contributed by atoms with Crippen LogP contribution in [-0.4, -0.2) is 17.1 Å². The highest BCUT2D eigenvalue weighted by atomic mass is 32.2. The molecule has 116 valence electrons. The van der Waals surface area contributed by atoms with Crippen molar-refractivity contribution in [2.75, 3.05) is 12.8 Å². The minimum atomic E-state index is 0. The van der Waals surface area contributed by atoms with E-state index in [-0.39, 0.29) is 7.43 Å². The number of fused-ring (bicyclic) bond motifs is 1. The smallest absolute Gasteiger partial charge is 0.133 e. The first kappa shape index (κ1) is 18.2. The molecule has 1 aliphatic rings. The van der Waals surface area contributed by atoms with Crippen LogP contribution >= 0.6 is 24.0 Å². The number of unbranched alkanes of at least 4 members (excludes halogenated alkanes) is 3. The highest BCUT2D eigenvalue weighted by Crippen LogP contribution is 2.30. The lowest BCUT2D eigenvalue weighted by molar-refractivity contribution is 0.642. The molecule has 0 amide bonds. The number of nitrogens with one attached hydrogen (secondary N) is 1. The van der Waals surface area contributed by atoms with Gasteiger partial charge in [0.05, 0.1) is 0 Å². The lowest BCUT2D eigenvalue weighted by Crippen LogP contribution is -2.18. The highest BCUT2D eigenvalue weighted by molar-refractivity contribution is 8.22. The quantitative estimate of drug-likeness (QED) is 0.530. The molecule has 1 aromatic carbocycles. The van der Waals surface area contributed by atoms with Gasteiger partial charge in [0.1, 0.15) is 4.32 Å². The van der Waals surface area contributed by atoms with E-state index in [1.807, 2.05) is 6.26 Å². The van der Waals surface area contributed by atoms with Gasteiger partial charge in [-0.25, -0.2) is 0 Å². The van der Waals surface area contributed by atoms with Crippen LogP contribution in [0, 0.1) is 0 Å². The van der Waals surface area contributed by atoms with Crippen molar-refractivity contribution in [1.29, 1.82) is 0 Å². The first-order valence-corrected chi connectivity index (χ1v) is 9.03. The molecule has 0 bridgehead atoms. The summed E-state index contributed by atoms with van der Waals surface area (Å²) in [7, 11) is 0. The van der Waals surface area contributed by atoms with Crippen LogP contribution in [0.3, 0.4) is 0 Å². The van der Waals surface area contributed by atoms with Gasteiger partial charge in [0.25, 0.3) is 0 Å². The van der Waals surface area contributed by atoms with Crippen LogP contribution < -0.4 is 5.32 Å². The summed E-state index contributed by atoms with van der Waals surface area (Å²) >= 11 is 6.73. The van der Waals surface area contributed by atoms with E-state index in [0.717, 1.165) is 17.3 Å². The Kier molecular flexibility index (Phi) is 8.70. The Labute approximate surface area is 139 Å². The van der Waals surface area contributed by atoms with Crippen molar-refractivity contribution >= 4 is 33.9 Å². The molecule has 0 saturated heterocycles. The zero-order chi connectivity index (χ0) is 14.2. The fraction of sp³-hybridized carbons (Fsp3) is 0.500. The van der Waals surface area contributed by atoms with Gasteiger partial charge in [0.2, 0.25) is 0 Å². The number of thioether (sulfide) groups is 1. The van der Waals surface area contributed by atoms with E-state index in [9.17, 15) is 0 Å². The molecule has 1 N–H and O–H groups in total. The number of benzene rings is 1. The zero-order valence-corrected chi connectivity index (χ0v) is 13.8. The van der Waals surface area contributed by atoms with Crippen molar-refractivity contribution in [3.63, 3.8) is 0 Å². The molecular weight excluding hydrogens is 294 g/mol. The molecule has 0 aromatic heterocycles. The molecule has 0 radical (unpaired) electrons. The zero-order valence-electron chi connectivity index (χ0n) is 12.2. The minimum Gasteiger partial charge on any atom is -0.371 e. The van der Waals surface area contributed by atoms with Crippen LogP contribution in [0.5, 0.6) is 0 Å². The Morgan fingerprint density at radius 3 is 2.76 bits per heavy atom. The van der Waals surface area contributed by atoms with E-state index in [2.05, 4.69) is 35.7 Å². The lowest BCUT2D eigenvalue weighted by atomic mass is 10.0. The monoisotopic (exact) mass is 321 g/mol. The molecule has 0 atom stereocenters. The second kappa shape index (κ2) is 10.0. The van der Waals surface area contributed by atoms with Crippen LogP contribution in [0.2, 0.25) is 0 Å². The largest absolute Gasteiger partial charge is 0.371 e. The number of hydrogen-bond donors (Lipinski definition) is 1. The van der Waals surface area contributed by atoms with Crippen molar-refractivity contribution in [1.82, 2.24) is 5.32 Å². The Balaban J connectivity index is 0.00000220. The molecule has 0 aliphatic heterocycles. The second-order valence-electron chi connectivity index (χ2n) is 5.17. The summed E-state index contributed by atoms with van der Waals surface area (Å²) in [5.41, 5.74) is 4.54. The molecule has 3 heteroatoms. The van der Waals surface area contributed by atoms with Crippen LogP contribution in [0.15, 0.2) is 30.3 Å². The first-order chi connectivity index (χ1) is 9.81. The third-order valence-electron chi connectivity index (χ3n) is 3.76. The van der Waals surface area contributed by atoms with Crippen LogP contribution in [0.4, 0.5) is 0 Å². The Morgan fingerprint density at radius 2 is 1.95 bits per heavy atom. The molecule has 0 spiro atoms. The van der Waals surface area contributed by atoms with Crippen LogP contribution in [-0.2, 0) is 6.42 Å². The van der Waals surface area contributed by atoms with Gasteiger partial charge in [-0.3, -0.25) is 0 Å². The summed E-state index contributed by atoms with van der Waals surface area (Å²) < 4.78 is 0.915. The van der Waals surface area contributed by atoms with Gasteiger partial charge in [-0.15, -0.1) is 11.8 Å². The van der Waals surface area contributed by atoms with Crippen molar-refractivity contribution in [2.24, 2.45) is 0 Å². The summed E-state index contributed by atoms with van der Waals surface area (Å²) in [5.74, 6) is 0. The van der Waals surface area contributed by atoms with E-state index in [0.29, 0.717) is 0 Å². The molecule has 0 unspecified atom stereocenters. The molecule has 0 heterocycles. The van der Waals surface area contributed by atoms with Crippen LogP contribution in [0.25, 0.3) is 5.57 Å². The summed E-state index contributed by atoms with van der Waals surface area (Å²) in [4.78, 5) is 0. The lowest BCUT2D eigenvalue weighted by Gasteiger charge is -2.07. The van der Waals surface area contributed by atoms with Gasteiger partial charge in [-0.05, 0) is 48.6 Å². The van der Waals surface area contributed by atoms with Gasteiger partial charge in [-0.2, -0.15) is 0 Å². The topological polar surface area (TPSA) is 12.0 Å². The molecule has 1 aliphatic carbocycles. The predicted molar refractivity (Wildman–Crippen MR) is 102 cm³/mol. The van der Waals surface area contributed by atoms with Crippen molar-refractivity contribution in [2.45, 2.75) is 46.0 Å². The SMILES string of the molecule is C.CSC(=S)NCCCCCCC1=CCc2ccccc21. The summed E-state index contributed by atoms with van der Waals surface area (Å²) in [6, 6.07) is 8.81. The molecular formula is C18H27NS2. The highest BCUT2D eigenvalue weighted by Gasteiger charge is 2.12. The number of hydrogen-bond acceptors (Lipinski definition) is 2. The summed E-state index contributed by atoms with van der Waals surface area (Å²) in [6.07, 6.45) is 11.9. The van der Waals surface area contributed by atoms with Gasteiger partial charge in [-0.1, -0.05) is 62.8 Å². The molecule has 2 rings (SSSR count). The van der Waals surface area contributed by atoms with Gasteiger partial charge in [0.15, 0.2) is 0 Å². The van der Waals surface area contributed by atoms with Gasteiger partial charge >= 0.3 is 0 Å². The van der Waals surface area contributed by atoms with Crippen molar-refractivity contribution in [3.8, 4) is 0 Å². The second-order valence-corrected chi connectivity index (χ2v) is 6.66. The first-order valence-electron chi connectivity index (χ1n) is 7.40. The molecule has 1 aromatic rings. The Morgan fingerprint density at radius 1 is 1.19 bits per heavy atom. The molecule has 0 saturated carbocycles. The predicted octanol–water partition coefficient (Wildman–Crippen LogP) is 5.45. The van der Waals surface area contributed by atoms with Crippen molar-refractivity contribution < 1.29 is 0 Å². The van der Waals surface area contributed by atoms with E-state index in [1.54, 1.807) is 17.3 Å². The maximum atomic E-state index is 5.11. The maximum Gasteiger partial charge on any atom is 0.133 e. The average Bonchev–Trinajstić information content (AvgIpc) is 2.89. The molecule has 21 heavy (non-hydrogen) atoms. The fourth-order valence-electron chi connectivity index (χ4n) is 2.65. The normalized spacial score (nSPS) is 12.3. The minimum absolute atomic E-state index is 0. The van der Waals surface area contributed by atoms with E-state index < -0.39 is 0 Å². The standard InChI is InChI=1S/C17H23NS2.CH4/c1-20-17(19)18-13-7-3-2-4-8-14-11-12-15-9-5-6-10-16(14)15;/h5-6,9-11H,2-4,7-8,12-13H2,1H3,(H,18,19);1H4. The van der Waals surface area contributed by atoms with Crippen LogP contribution in [0.1, 0.15) is 50.7 Å². The summed E-state index contributed by atoms with van der Waals surface area (Å²) in [5, 5.41) is 3.26. The average molecular weight is 322 g/mol. The number of allylic oxidation sites excluding steroid dienone is 2. The Hall–Kier alpha value is -0.800. The van der Waals surface area contributed by atoms with Gasteiger partial charge < -0.3 is 5.32 Å². The fourth-order valence-corrected chi connectivity index (χ4v) is 3.00. The third kappa shape index (κ3) is 5.84. The Bertz CT molecular complexity index is 480. The van der Waals surface area contributed by atoms with Crippen molar-refractivity contribution in [3.05, 3.63) is 41.5 Å². The molecule has 0 fully saturated rings. The van der Waals surface area contributed by atoms with Gasteiger partial charge in [0, 0.05) is 6.54 Å². The molecule has 1 nitrogen and oxygen atoms in total. The number of thiocarbonyl (C=S) groups is 1. The maximum absolute atomic E-state index is 5.11. The number of rotatable bonds is 7. The van der Waals surface area contributed by atoms with E-state index >= 15 is 0 Å². The van der Waals surface area contributed by atoms with E-state index in [4.69, 9.17) is 12.2 Å².